The fourth-order valence-corrected chi connectivity index (χ4v) is 4.90. The molecule has 0 spiro atoms. The molecule has 0 aliphatic carbocycles. The number of rotatable bonds is 5. The molecule has 1 N–H and O–H groups in total. The zero-order valence-electron chi connectivity index (χ0n) is 14.2. The number of imide groups is 1. The first kappa shape index (κ1) is 20.2. The number of carbonyl (C=O) groups excluding carboxylic acids is 2. The quantitative estimate of drug-likeness (QED) is 0.404. The maximum atomic E-state index is 12.6. The van der Waals surface area contributed by atoms with Crippen LogP contribution in [0.1, 0.15) is 11.1 Å². The molecule has 2 amide bonds. The molecule has 1 fully saturated rings. The first-order chi connectivity index (χ1) is 12.8. The number of thioether (sulfide) groups is 1. The van der Waals surface area contributed by atoms with Gasteiger partial charge in [-0.2, -0.15) is 0 Å². The number of aromatic hydroxyl groups is 1. The number of hydrogen-bond acceptors (Lipinski definition) is 5. The summed E-state index contributed by atoms with van der Waals surface area (Å²) in [5.74, 6) is 0.395. The summed E-state index contributed by atoms with van der Waals surface area (Å²) < 4.78 is 7.06. The van der Waals surface area contributed by atoms with Crippen LogP contribution in [0.2, 0.25) is 0 Å². The van der Waals surface area contributed by atoms with Crippen LogP contribution in [0, 0.1) is 10.5 Å². The van der Waals surface area contributed by atoms with Crippen molar-refractivity contribution in [3.63, 3.8) is 0 Å². The third kappa shape index (κ3) is 4.85. The minimum absolute atomic E-state index is 0.0772. The lowest BCUT2D eigenvalue weighted by Gasteiger charge is -2.13. The number of benzene rings is 2. The van der Waals surface area contributed by atoms with Gasteiger partial charge in [0, 0.05) is 10.0 Å². The van der Waals surface area contributed by atoms with Crippen LogP contribution in [-0.2, 0) is 4.79 Å². The molecular formula is C19H15BrINO4S. The van der Waals surface area contributed by atoms with E-state index in [9.17, 15) is 14.7 Å². The Morgan fingerprint density at radius 2 is 2.07 bits per heavy atom. The van der Waals surface area contributed by atoms with Gasteiger partial charge in [0.1, 0.15) is 18.1 Å². The van der Waals surface area contributed by atoms with Gasteiger partial charge in [0.25, 0.3) is 11.1 Å². The van der Waals surface area contributed by atoms with Crippen molar-refractivity contribution in [2.45, 2.75) is 6.92 Å². The van der Waals surface area contributed by atoms with Crippen molar-refractivity contribution < 1.29 is 19.4 Å². The first-order valence-corrected chi connectivity index (χ1v) is 10.7. The van der Waals surface area contributed by atoms with Gasteiger partial charge in [-0.25, -0.2) is 0 Å². The summed E-state index contributed by atoms with van der Waals surface area (Å²) >= 11 is 6.23. The predicted molar refractivity (Wildman–Crippen MR) is 118 cm³/mol. The van der Waals surface area contributed by atoms with E-state index < -0.39 is 0 Å². The number of ether oxygens (including phenoxy) is 1. The summed E-state index contributed by atoms with van der Waals surface area (Å²) in [6, 6.07) is 11.0. The van der Waals surface area contributed by atoms with Crippen LogP contribution in [0.25, 0.3) is 6.08 Å². The normalized spacial score (nSPS) is 15.7. The van der Waals surface area contributed by atoms with Crippen molar-refractivity contribution in [1.29, 1.82) is 0 Å². The molecule has 8 heteroatoms. The highest BCUT2D eigenvalue weighted by Crippen LogP contribution is 2.36. The number of phenolic OH excluding ortho intramolecular Hbond substituents is 1. The van der Waals surface area contributed by atoms with Crippen LogP contribution >= 0.6 is 50.3 Å². The molecule has 140 valence electrons. The second-order valence-corrected chi connectivity index (χ2v) is 8.89. The van der Waals surface area contributed by atoms with Gasteiger partial charge in [-0.05, 0) is 77.2 Å². The van der Waals surface area contributed by atoms with Gasteiger partial charge in [-0.3, -0.25) is 14.5 Å². The first-order valence-electron chi connectivity index (χ1n) is 7.98. The number of phenols is 1. The van der Waals surface area contributed by atoms with Crippen molar-refractivity contribution in [3.05, 3.63) is 60.5 Å². The summed E-state index contributed by atoms with van der Waals surface area (Å²) in [6.45, 7) is 2.35. The van der Waals surface area contributed by atoms with Crippen LogP contribution in [0.4, 0.5) is 4.79 Å². The Bertz CT molecular complexity index is 947. The summed E-state index contributed by atoms with van der Waals surface area (Å²) in [5.41, 5.74) is 1.56. The Labute approximate surface area is 183 Å². The molecule has 0 unspecified atom stereocenters. The topological polar surface area (TPSA) is 66.8 Å². The van der Waals surface area contributed by atoms with Gasteiger partial charge in [0.05, 0.1) is 15.0 Å². The minimum Gasteiger partial charge on any atom is -0.506 e. The van der Waals surface area contributed by atoms with Crippen LogP contribution < -0.4 is 4.74 Å². The monoisotopic (exact) mass is 559 g/mol. The van der Waals surface area contributed by atoms with E-state index in [1.807, 2.05) is 53.8 Å². The second-order valence-electron chi connectivity index (χ2n) is 5.82. The molecule has 1 aliphatic rings. The van der Waals surface area contributed by atoms with E-state index in [4.69, 9.17) is 4.74 Å². The smallest absolute Gasteiger partial charge is 0.293 e. The highest BCUT2D eigenvalue weighted by Gasteiger charge is 2.35. The van der Waals surface area contributed by atoms with E-state index in [0.717, 1.165) is 26.7 Å². The molecule has 5 nitrogen and oxygen atoms in total. The number of hydrogen-bond donors (Lipinski definition) is 1. The standard InChI is InChI=1S/C19H15BrINO4S/c1-11-3-2-4-14(7-11)26-6-5-22-18(24)16(27-19(22)25)9-12-8-13(20)10-15(21)17(12)23/h2-4,7-10,23H,5-6H2,1H3/b16-9-. The highest BCUT2D eigenvalue weighted by molar-refractivity contribution is 14.1. The van der Waals surface area contributed by atoms with Gasteiger partial charge < -0.3 is 9.84 Å². The average Bonchev–Trinajstić information content (AvgIpc) is 2.86. The fraction of sp³-hybridized carbons (Fsp3) is 0.158. The van der Waals surface area contributed by atoms with Crippen LogP contribution in [0.15, 0.2) is 45.8 Å². The largest absolute Gasteiger partial charge is 0.506 e. The summed E-state index contributed by atoms with van der Waals surface area (Å²) in [6.07, 6.45) is 1.54. The average molecular weight is 560 g/mol. The molecule has 0 radical (unpaired) electrons. The van der Waals surface area contributed by atoms with E-state index in [-0.39, 0.29) is 35.0 Å². The van der Waals surface area contributed by atoms with Gasteiger partial charge in [0.15, 0.2) is 0 Å². The van der Waals surface area contributed by atoms with E-state index in [2.05, 4.69) is 15.9 Å². The van der Waals surface area contributed by atoms with E-state index in [1.165, 1.54) is 6.08 Å². The molecule has 0 bridgehead atoms. The van der Waals surface area contributed by atoms with Crippen molar-refractivity contribution >= 4 is 67.5 Å². The SMILES string of the molecule is Cc1cccc(OCCN2C(=O)S/C(=C\c3cc(Br)cc(I)c3O)C2=O)c1. The maximum absolute atomic E-state index is 12.6. The third-order valence-corrected chi connectivity index (χ3v) is 5.98. The molecule has 0 atom stereocenters. The fourth-order valence-electron chi connectivity index (χ4n) is 2.49. The van der Waals surface area contributed by atoms with Crippen molar-refractivity contribution in [3.8, 4) is 11.5 Å². The number of nitrogens with zero attached hydrogens (tertiary/aromatic N) is 1. The Balaban J connectivity index is 1.70. The molecule has 27 heavy (non-hydrogen) atoms. The number of amides is 2. The lowest BCUT2D eigenvalue weighted by Crippen LogP contribution is -2.32. The Hall–Kier alpha value is -1.52. The zero-order valence-corrected chi connectivity index (χ0v) is 18.8. The van der Waals surface area contributed by atoms with Crippen molar-refractivity contribution in [2.75, 3.05) is 13.2 Å². The van der Waals surface area contributed by atoms with Gasteiger partial charge >= 0.3 is 0 Å². The van der Waals surface area contributed by atoms with Gasteiger partial charge in [0.2, 0.25) is 0 Å². The molecule has 3 rings (SSSR count). The van der Waals surface area contributed by atoms with Gasteiger partial charge in [-0.15, -0.1) is 0 Å². The Morgan fingerprint density at radius 3 is 2.81 bits per heavy atom. The van der Waals surface area contributed by atoms with Crippen LogP contribution in [-0.4, -0.2) is 34.3 Å². The predicted octanol–water partition coefficient (Wildman–Crippen LogP) is 5.18. The van der Waals surface area contributed by atoms with E-state index in [0.29, 0.717) is 14.9 Å². The number of aryl methyl sites for hydroxylation is 1. The molecule has 1 heterocycles. The third-order valence-electron chi connectivity index (χ3n) is 3.79. The minimum atomic E-state index is -0.382. The summed E-state index contributed by atoms with van der Waals surface area (Å²) in [7, 11) is 0. The number of halogens is 2. The van der Waals surface area contributed by atoms with Crippen LogP contribution in [0.3, 0.4) is 0 Å². The lowest BCUT2D eigenvalue weighted by molar-refractivity contribution is -0.123. The molecule has 2 aromatic carbocycles. The van der Waals surface area contributed by atoms with Crippen molar-refractivity contribution in [1.82, 2.24) is 4.90 Å². The Morgan fingerprint density at radius 1 is 1.30 bits per heavy atom. The molecule has 2 aromatic rings. The van der Waals surface area contributed by atoms with Gasteiger partial charge in [-0.1, -0.05) is 28.1 Å². The van der Waals surface area contributed by atoms with E-state index in [1.54, 1.807) is 12.1 Å². The lowest BCUT2D eigenvalue weighted by atomic mass is 10.2. The Kier molecular flexibility index (Phi) is 6.48. The second kappa shape index (κ2) is 8.66. The van der Waals surface area contributed by atoms with Crippen molar-refractivity contribution in [2.24, 2.45) is 0 Å². The maximum Gasteiger partial charge on any atom is 0.293 e. The zero-order chi connectivity index (χ0) is 19.6. The summed E-state index contributed by atoms with van der Waals surface area (Å²) in [4.78, 5) is 26.2. The highest BCUT2D eigenvalue weighted by atomic mass is 127. The molecule has 0 aromatic heterocycles. The van der Waals surface area contributed by atoms with E-state index >= 15 is 0 Å². The summed E-state index contributed by atoms with van der Waals surface area (Å²) in [5, 5.41) is 9.83. The molecule has 1 saturated heterocycles. The molecular weight excluding hydrogens is 545 g/mol. The van der Waals surface area contributed by atoms with Crippen LogP contribution in [0.5, 0.6) is 11.5 Å². The molecule has 0 saturated carbocycles. The number of carbonyl (C=O) groups is 2. The molecule has 1 aliphatic heterocycles.